The zero-order valence-electron chi connectivity index (χ0n) is 6.97. The maximum atomic E-state index is 10.1. The Labute approximate surface area is 78.2 Å². The summed E-state index contributed by atoms with van der Waals surface area (Å²) in [6, 6.07) is 5.60. The van der Waals surface area contributed by atoms with E-state index in [1.807, 2.05) is 18.2 Å². The predicted molar refractivity (Wildman–Crippen MR) is 50.9 cm³/mol. The maximum Gasteiger partial charge on any atom is 0.211 e. The second-order valence-corrected chi connectivity index (χ2v) is 3.23. The Balaban J connectivity index is 2.32. The highest BCUT2D eigenvalue weighted by atomic mass is 32.2. The molecule has 0 aliphatic rings. The number of nitrogens with one attached hydrogen (secondary N) is 1. The highest BCUT2D eigenvalue weighted by Gasteiger charge is 1.89. The second-order valence-electron chi connectivity index (χ2n) is 2.38. The van der Waals surface area contributed by atoms with Gasteiger partial charge in [-0.2, -0.15) is 8.42 Å². The average molecular weight is 198 g/mol. The van der Waals surface area contributed by atoms with Crippen molar-refractivity contribution < 1.29 is 8.42 Å². The molecule has 1 aromatic heterocycles. The van der Waals surface area contributed by atoms with E-state index in [-0.39, 0.29) is 0 Å². The van der Waals surface area contributed by atoms with Crippen LogP contribution in [0.3, 0.4) is 0 Å². The van der Waals surface area contributed by atoms with Gasteiger partial charge in [0.2, 0.25) is 10.3 Å². The Morgan fingerprint density at radius 2 is 2.31 bits per heavy atom. The number of hydrogen-bond donors (Lipinski definition) is 1. The lowest BCUT2D eigenvalue weighted by Crippen LogP contribution is -2.16. The van der Waals surface area contributed by atoms with E-state index in [0.717, 1.165) is 5.69 Å². The summed E-state index contributed by atoms with van der Waals surface area (Å²) in [7, 11) is -2.08. The molecule has 0 saturated heterocycles. The van der Waals surface area contributed by atoms with E-state index in [1.165, 1.54) is 5.37 Å². The fourth-order valence-electron chi connectivity index (χ4n) is 0.830. The summed E-state index contributed by atoms with van der Waals surface area (Å²) in [5, 5.41) is 4.09. The van der Waals surface area contributed by atoms with Crippen LogP contribution in [0.2, 0.25) is 0 Å². The summed E-state index contributed by atoms with van der Waals surface area (Å²) in [6.45, 7) is 0.918. The average Bonchev–Trinajstić information content (AvgIpc) is 2.14. The molecule has 0 aliphatic carbocycles. The van der Waals surface area contributed by atoms with Crippen LogP contribution in [0.25, 0.3) is 0 Å². The molecule has 0 saturated carbocycles. The van der Waals surface area contributed by atoms with Crippen LogP contribution in [-0.2, 0) is 16.8 Å². The molecule has 13 heavy (non-hydrogen) atoms. The second kappa shape index (κ2) is 5.45. The first-order valence-electron chi connectivity index (χ1n) is 3.81. The van der Waals surface area contributed by atoms with Gasteiger partial charge in [0.15, 0.2) is 0 Å². The Kier molecular flexibility index (Phi) is 4.14. The largest absolute Gasteiger partial charge is 0.307 e. The summed E-state index contributed by atoms with van der Waals surface area (Å²) in [5.74, 6) is 0. The van der Waals surface area contributed by atoms with Crippen LogP contribution >= 0.6 is 0 Å². The van der Waals surface area contributed by atoms with Crippen molar-refractivity contribution in [1.29, 1.82) is 0 Å². The monoisotopic (exact) mass is 198 g/mol. The molecule has 0 fully saturated rings. The molecule has 0 bridgehead atoms. The van der Waals surface area contributed by atoms with E-state index >= 15 is 0 Å². The summed E-state index contributed by atoms with van der Waals surface area (Å²) < 4.78 is 20.2. The van der Waals surface area contributed by atoms with E-state index in [9.17, 15) is 8.42 Å². The molecule has 1 rings (SSSR count). The van der Waals surface area contributed by atoms with Crippen molar-refractivity contribution in [2.45, 2.75) is 6.54 Å². The molecule has 0 aromatic carbocycles. The summed E-state index contributed by atoms with van der Waals surface area (Å²) in [5.41, 5.74) is 0.896. The molecule has 0 atom stereocenters. The van der Waals surface area contributed by atoms with Gasteiger partial charge in [-0.1, -0.05) is 6.07 Å². The van der Waals surface area contributed by atoms with Gasteiger partial charge in [-0.25, -0.2) is 0 Å². The van der Waals surface area contributed by atoms with E-state index in [4.69, 9.17) is 0 Å². The zero-order chi connectivity index (χ0) is 9.52. The Morgan fingerprint density at radius 3 is 2.92 bits per heavy atom. The lowest BCUT2D eigenvalue weighted by atomic mass is 10.3. The summed E-state index contributed by atoms with van der Waals surface area (Å²) in [4.78, 5) is 4.07. The molecule has 1 heterocycles. The van der Waals surface area contributed by atoms with Crippen LogP contribution in [0.5, 0.6) is 0 Å². The predicted octanol–water partition coefficient (Wildman–Crippen LogP) is -0.148. The number of pyridine rings is 1. The molecule has 1 N–H and O–H groups in total. The normalized spacial score (nSPS) is 9.54. The molecular weight excluding hydrogens is 188 g/mol. The standard InChI is InChI=1S/C8H10N2O2S/c11-13(12)6-5-9-7-8-3-1-2-4-10-8/h1-4,6,9H,5,7H2. The van der Waals surface area contributed by atoms with Crippen LogP contribution in [0.1, 0.15) is 5.69 Å². The molecule has 0 radical (unpaired) electrons. The van der Waals surface area contributed by atoms with Gasteiger partial charge in [0.05, 0.1) is 5.69 Å². The summed E-state index contributed by atoms with van der Waals surface area (Å²) in [6.07, 6.45) is 1.70. The van der Waals surface area contributed by atoms with Gasteiger partial charge in [-0.05, 0) is 12.1 Å². The minimum absolute atomic E-state index is 0.340. The Morgan fingerprint density at radius 1 is 1.46 bits per heavy atom. The van der Waals surface area contributed by atoms with Crippen LogP contribution < -0.4 is 5.32 Å². The van der Waals surface area contributed by atoms with Gasteiger partial charge in [0.1, 0.15) is 0 Å². The highest BCUT2D eigenvalue weighted by molar-refractivity contribution is 7.71. The third-order valence-corrected chi connectivity index (χ3v) is 1.83. The minimum atomic E-state index is -2.08. The van der Waals surface area contributed by atoms with Crippen LogP contribution in [0.15, 0.2) is 24.4 Å². The van der Waals surface area contributed by atoms with Gasteiger partial charge in [0.25, 0.3) is 0 Å². The van der Waals surface area contributed by atoms with Crippen molar-refractivity contribution >= 4 is 15.7 Å². The van der Waals surface area contributed by atoms with Crippen molar-refractivity contribution in [3.8, 4) is 0 Å². The molecule has 5 heteroatoms. The quantitative estimate of drug-likeness (QED) is 0.540. The van der Waals surface area contributed by atoms with Gasteiger partial charge in [-0.3, -0.25) is 4.98 Å². The van der Waals surface area contributed by atoms with Crippen molar-refractivity contribution in [2.24, 2.45) is 0 Å². The Bertz CT molecular complexity index is 364. The number of rotatable bonds is 4. The highest BCUT2D eigenvalue weighted by Crippen LogP contribution is 1.90. The molecular formula is C8H10N2O2S. The third kappa shape index (κ3) is 4.39. The molecule has 0 aliphatic heterocycles. The van der Waals surface area contributed by atoms with Crippen molar-refractivity contribution in [1.82, 2.24) is 10.3 Å². The third-order valence-electron chi connectivity index (χ3n) is 1.40. The molecule has 0 unspecified atom stereocenters. The van der Waals surface area contributed by atoms with E-state index in [0.29, 0.717) is 13.1 Å². The molecule has 4 nitrogen and oxygen atoms in total. The number of hydrogen-bond acceptors (Lipinski definition) is 4. The number of nitrogens with zero attached hydrogens (tertiary/aromatic N) is 1. The summed E-state index contributed by atoms with van der Waals surface area (Å²) >= 11 is 0. The smallest absolute Gasteiger partial charge is 0.211 e. The first kappa shape index (κ1) is 9.88. The van der Waals surface area contributed by atoms with Crippen LogP contribution in [0, 0.1) is 0 Å². The lowest BCUT2D eigenvalue weighted by Gasteiger charge is -1.98. The van der Waals surface area contributed by atoms with Crippen molar-refractivity contribution in [3.05, 3.63) is 30.1 Å². The minimum Gasteiger partial charge on any atom is -0.307 e. The number of aromatic nitrogens is 1. The molecule has 0 spiro atoms. The SMILES string of the molecule is O=S(=O)=CCNCc1ccccn1. The molecule has 0 amide bonds. The first-order valence-corrected chi connectivity index (χ1v) is 4.95. The van der Waals surface area contributed by atoms with Crippen molar-refractivity contribution in [2.75, 3.05) is 6.54 Å². The lowest BCUT2D eigenvalue weighted by molar-refractivity contribution is 0.627. The van der Waals surface area contributed by atoms with Gasteiger partial charge in [-0.15, -0.1) is 0 Å². The first-order chi connectivity index (χ1) is 6.29. The van der Waals surface area contributed by atoms with Gasteiger partial charge >= 0.3 is 0 Å². The van der Waals surface area contributed by atoms with Crippen molar-refractivity contribution in [3.63, 3.8) is 0 Å². The van der Waals surface area contributed by atoms with Gasteiger partial charge < -0.3 is 5.32 Å². The maximum absolute atomic E-state index is 10.1. The van der Waals surface area contributed by atoms with E-state index < -0.39 is 10.3 Å². The van der Waals surface area contributed by atoms with Crippen LogP contribution in [-0.4, -0.2) is 25.3 Å². The van der Waals surface area contributed by atoms with Crippen LogP contribution in [0.4, 0.5) is 0 Å². The fourth-order valence-corrected chi connectivity index (χ4v) is 1.08. The fraction of sp³-hybridized carbons (Fsp3) is 0.250. The topological polar surface area (TPSA) is 59.1 Å². The molecule has 70 valence electrons. The Hall–Kier alpha value is -1.20. The zero-order valence-corrected chi connectivity index (χ0v) is 7.79. The van der Waals surface area contributed by atoms with E-state index in [1.54, 1.807) is 6.20 Å². The van der Waals surface area contributed by atoms with E-state index in [2.05, 4.69) is 10.3 Å². The van der Waals surface area contributed by atoms with Gasteiger partial charge in [0, 0.05) is 24.7 Å². The molecule has 1 aromatic rings.